The Balaban J connectivity index is 2.03. The van der Waals surface area contributed by atoms with Crippen molar-refractivity contribution in [1.82, 2.24) is 9.55 Å². The Morgan fingerprint density at radius 3 is 2.45 bits per heavy atom. The summed E-state index contributed by atoms with van der Waals surface area (Å²) >= 11 is 5.83. The van der Waals surface area contributed by atoms with Crippen LogP contribution in [0, 0.1) is 0 Å². The predicted molar refractivity (Wildman–Crippen MR) is 79.7 cm³/mol. The van der Waals surface area contributed by atoms with Crippen LogP contribution in [-0.4, -0.2) is 9.55 Å². The summed E-state index contributed by atoms with van der Waals surface area (Å²) in [4.78, 5) is 4.02. The van der Waals surface area contributed by atoms with Crippen molar-refractivity contribution >= 4 is 28.3 Å². The lowest BCUT2D eigenvalue weighted by molar-refractivity contribution is -0.137. The maximum Gasteiger partial charge on any atom is 0.416 e. The first-order valence-electron chi connectivity index (χ1n) is 6.40. The molecule has 7 heteroatoms. The molecule has 3 rings (SSSR count). The number of benzene rings is 2. The number of nitrogen functional groups attached to an aromatic ring is 1. The molecule has 114 valence electrons. The van der Waals surface area contributed by atoms with E-state index in [-0.39, 0.29) is 11.2 Å². The largest absolute Gasteiger partial charge is 0.416 e. The summed E-state index contributed by atoms with van der Waals surface area (Å²) in [5.41, 5.74) is 6.71. The van der Waals surface area contributed by atoms with Crippen LogP contribution in [0.1, 0.15) is 11.1 Å². The highest BCUT2D eigenvalue weighted by Gasteiger charge is 2.31. The summed E-state index contributed by atoms with van der Waals surface area (Å²) in [6.07, 6.45) is -2.96. The second-order valence-electron chi connectivity index (χ2n) is 4.93. The molecule has 3 aromatic rings. The predicted octanol–water partition coefficient (Wildman–Crippen LogP) is 4.34. The Kier molecular flexibility index (Phi) is 3.48. The van der Waals surface area contributed by atoms with Gasteiger partial charge in [-0.15, -0.1) is 0 Å². The van der Waals surface area contributed by atoms with Crippen molar-refractivity contribution in [3.8, 4) is 0 Å². The average Bonchev–Trinajstić information content (AvgIpc) is 2.84. The number of aromatic nitrogens is 2. The molecule has 0 aliphatic heterocycles. The monoisotopic (exact) mass is 325 g/mol. The van der Waals surface area contributed by atoms with Crippen molar-refractivity contribution in [1.29, 1.82) is 0 Å². The van der Waals surface area contributed by atoms with Gasteiger partial charge in [-0.05, 0) is 29.8 Å². The van der Waals surface area contributed by atoms with Gasteiger partial charge in [-0.3, -0.25) is 0 Å². The van der Waals surface area contributed by atoms with Crippen molar-refractivity contribution in [3.05, 3.63) is 58.9 Å². The van der Waals surface area contributed by atoms with Crippen LogP contribution in [0.5, 0.6) is 0 Å². The van der Waals surface area contributed by atoms with E-state index in [1.807, 2.05) is 12.1 Å². The number of imidazole rings is 1. The van der Waals surface area contributed by atoms with Crippen LogP contribution >= 0.6 is 11.6 Å². The van der Waals surface area contributed by atoms with Crippen LogP contribution in [-0.2, 0) is 12.7 Å². The molecular formula is C15H11ClF3N3. The molecule has 0 amide bonds. The summed E-state index contributed by atoms with van der Waals surface area (Å²) in [5, 5.41) is 0.619. The van der Waals surface area contributed by atoms with E-state index in [0.29, 0.717) is 17.1 Å². The van der Waals surface area contributed by atoms with Crippen LogP contribution in [0.4, 0.5) is 18.9 Å². The van der Waals surface area contributed by atoms with E-state index in [9.17, 15) is 13.2 Å². The fourth-order valence-electron chi connectivity index (χ4n) is 2.31. The van der Waals surface area contributed by atoms with Crippen molar-refractivity contribution in [2.75, 3.05) is 5.73 Å². The molecule has 0 unspecified atom stereocenters. The molecule has 2 N–H and O–H groups in total. The summed E-state index contributed by atoms with van der Waals surface area (Å²) in [6.45, 7) is 0.448. The number of nitrogens with zero attached hydrogens (tertiary/aromatic N) is 2. The van der Waals surface area contributed by atoms with Gasteiger partial charge in [-0.2, -0.15) is 13.2 Å². The third-order valence-corrected chi connectivity index (χ3v) is 3.59. The maximum absolute atomic E-state index is 12.8. The Morgan fingerprint density at radius 2 is 1.82 bits per heavy atom. The number of rotatable bonds is 2. The lowest BCUT2D eigenvalue weighted by atomic mass is 10.1. The summed E-state index contributed by atoms with van der Waals surface area (Å²) < 4.78 is 40.1. The molecule has 0 saturated heterocycles. The zero-order chi connectivity index (χ0) is 15.9. The minimum Gasteiger partial charge on any atom is -0.397 e. The third-order valence-electron chi connectivity index (χ3n) is 3.34. The number of hydrogen-bond acceptors (Lipinski definition) is 2. The van der Waals surface area contributed by atoms with Gasteiger partial charge < -0.3 is 10.3 Å². The maximum atomic E-state index is 12.8. The molecule has 0 bridgehead atoms. The average molecular weight is 326 g/mol. The molecule has 1 aromatic heterocycles. The number of halogens is 4. The SMILES string of the molecule is Nc1cc(C(F)(F)F)cc2ncn(Cc3ccc(Cl)cc3)c12. The van der Waals surface area contributed by atoms with E-state index >= 15 is 0 Å². The van der Waals surface area contributed by atoms with E-state index in [4.69, 9.17) is 17.3 Å². The Bertz CT molecular complexity index is 822. The van der Waals surface area contributed by atoms with Gasteiger partial charge in [0, 0.05) is 11.6 Å². The summed E-state index contributed by atoms with van der Waals surface area (Å²) in [6, 6.07) is 9.12. The zero-order valence-corrected chi connectivity index (χ0v) is 12.0. The summed E-state index contributed by atoms with van der Waals surface area (Å²) in [5.74, 6) is 0. The second-order valence-corrected chi connectivity index (χ2v) is 5.37. The highest BCUT2D eigenvalue weighted by molar-refractivity contribution is 6.30. The molecule has 2 aromatic carbocycles. The molecule has 0 aliphatic rings. The van der Waals surface area contributed by atoms with Crippen LogP contribution in [0.3, 0.4) is 0 Å². The van der Waals surface area contributed by atoms with E-state index in [1.165, 1.54) is 6.33 Å². The van der Waals surface area contributed by atoms with Gasteiger partial charge in [-0.25, -0.2) is 4.98 Å². The molecule has 0 saturated carbocycles. The molecular weight excluding hydrogens is 315 g/mol. The van der Waals surface area contributed by atoms with Gasteiger partial charge in [0.2, 0.25) is 0 Å². The topological polar surface area (TPSA) is 43.8 Å². The van der Waals surface area contributed by atoms with Crippen LogP contribution in [0.2, 0.25) is 5.02 Å². The lowest BCUT2D eigenvalue weighted by Crippen LogP contribution is -2.07. The molecule has 22 heavy (non-hydrogen) atoms. The Hall–Kier alpha value is -2.21. The fraction of sp³-hybridized carbons (Fsp3) is 0.133. The van der Waals surface area contributed by atoms with Gasteiger partial charge in [0.05, 0.1) is 28.6 Å². The normalized spacial score (nSPS) is 12.0. The van der Waals surface area contributed by atoms with E-state index in [1.54, 1.807) is 16.7 Å². The number of nitrogens with two attached hydrogens (primary N) is 1. The zero-order valence-electron chi connectivity index (χ0n) is 11.2. The second kappa shape index (κ2) is 5.21. The highest BCUT2D eigenvalue weighted by atomic mass is 35.5. The third kappa shape index (κ3) is 2.74. The first-order chi connectivity index (χ1) is 10.3. The quantitative estimate of drug-likeness (QED) is 0.712. The van der Waals surface area contributed by atoms with Gasteiger partial charge in [0.15, 0.2) is 0 Å². The summed E-state index contributed by atoms with van der Waals surface area (Å²) in [7, 11) is 0. The first-order valence-corrected chi connectivity index (χ1v) is 6.78. The Morgan fingerprint density at radius 1 is 1.14 bits per heavy atom. The van der Waals surface area contributed by atoms with E-state index < -0.39 is 11.7 Å². The number of anilines is 1. The van der Waals surface area contributed by atoms with E-state index in [2.05, 4.69) is 4.98 Å². The molecule has 0 fully saturated rings. The minimum absolute atomic E-state index is 0.0521. The van der Waals surface area contributed by atoms with E-state index in [0.717, 1.165) is 17.7 Å². The molecule has 3 nitrogen and oxygen atoms in total. The molecule has 0 spiro atoms. The number of alkyl halides is 3. The smallest absolute Gasteiger partial charge is 0.397 e. The Labute approximate surface area is 129 Å². The fourth-order valence-corrected chi connectivity index (χ4v) is 2.44. The van der Waals surface area contributed by atoms with Gasteiger partial charge >= 0.3 is 6.18 Å². The standard InChI is InChI=1S/C15H11ClF3N3/c16-11-3-1-9(2-4-11)7-22-8-21-13-6-10(15(17,18)19)5-12(20)14(13)22/h1-6,8H,7,20H2. The van der Waals surface area contributed by atoms with Crippen molar-refractivity contribution in [2.45, 2.75) is 12.7 Å². The minimum atomic E-state index is -4.44. The van der Waals surface area contributed by atoms with Crippen molar-refractivity contribution in [2.24, 2.45) is 0 Å². The van der Waals surface area contributed by atoms with Gasteiger partial charge in [-0.1, -0.05) is 23.7 Å². The van der Waals surface area contributed by atoms with Crippen molar-refractivity contribution in [3.63, 3.8) is 0 Å². The van der Waals surface area contributed by atoms with Gasteiger partial charge in [0.1, 0.15) is 0 Å². The molecule has 0 atom stereocenters. The van der Waals surface area contributed by atoms with Crippen LogP contribution in [0.15, 0.2) is 42.7 Å². The van der Waals surface area contributed by atoms with Gasteiger partial charge in [0.25, 0.3) is 0 Å². The number of fused-ring (bicyclic) bond motifs is 1. The first kappa shape index (κ1) is 14.7. The van der Waals surface area contributed by atoms with Crippen molar-refractivity contribution < 1.29 is 13.2 Å². The van der Waals surface area contributed by atoms with Crippen LogP contribution < -0.4 is 5.73 Å². The molecule has 0 aliphatic carbocycles. The lowest BCUT2D eigenvalue weighted by Gasteiger charge is -2.10. The van der Waals surface area contributed by atoms with Crippen LogP contribution in [0.25, 0.3) is 11.0 Å². The number of hydrogen-bond donors (Lipinski definition) is 1. The molecule has 0 radical (unpaired) electrons. The highest BCUT2D eigenvalue weighted by Crippen LogP contribution is 2.34. The molecule has 1 heterocycles.